The third-order valence-corrected chi connectivity index (χ3v) is 3.15. The van der Waals surface area contributed by atoms with Crippen molar-refractivity contribution in [3.8, 4) is 0 Å². The molecule has 0 saturated heterocycles. The largest absolute Gasteiger partial charge is 0.331 e. The van der Waals surface area contributed by atoms with Crippen LogP contribution < -0.4 is 0 Å². The first-order valence-electron chi connectivity index (χ1n) is 3.24. The van der Waals surface area contributed by atoms with Crippen molar-refractivity contribution in [2.75, 3.05) is 0 Å². The Morgan fingerprint density at radius 1 is 1.33 bits per heavy atom. The van der Waals surface area contributed by atoms with Crippen molar-refractivity contribution in [3.05, 3.63) is 26.4 Å². The Hall–Kier alpha value is -0.320. The van der Waals surface area contributed by atoms with Crippen molar-refractivity contribution >= 4 is 50.8 Å². The van der Waals surface area contributed by atoms with Crippen LogP contribution in [-0.2, 0) is 0 Å². The highest BCUT2D eigenvalue weighted by atomic mass is 79.9. The molecule has 1 heterocycles. The van der Waals surface area contributed by atoms with Gasteiger partial charge in [-0.25, -0.2) is 0 Å². The normalized spacial score (nSPS) is 10.8. The fourth-order valence-electron chi connectivity index (χ4n) is 1.04. The minimum Gasteiger partial charge on any atom is -0.331 e. The molecule has 0 aliphatic heterocycles. The highest BCUT2D eigenvalue weighted by molar-refractivity contribution is 9.10. The van der Waals surface area contributed by atoms with Crippen molar-refractivity contribution in [1.29, 1.82) is 0 Å². The van der Waals surface area contributed by atoms with Gasteiger partial charge in [-0.2, -0.15) is 0 Å². The fraction of sp³-hybridized carbons (Fsp3) is 0. The summed E-state index contributed by atoms with van der Waals surface area (Å²) in [7, 11) is 0. The van der Waals surface area contributed by atoms with Crippen LogP contribution in [0.2, 0.25) is 5.02 Å². The molecule has 0 unspecified atom stereocenters. The van der Waals surface area contributed by atoms with E-state index < -0.39 is 0 Å². The van der Waals surface area contributed by atoms with Crippen molar-refractivity contribution in [3.63, 3.8) is 0 Å². The SMILES string of the molecule is S=c1[nH]c2ccc(Cl)c(Br)c2[nH]1. The lowest BCUT2D eigenvalue weighted by molar-refractivity contribution is 1.30. The molecule has 5 heteroatoms. The minimum atomic E-state index is 0.605. The Morgan fingerprint density at radius 2 is 2.08 bits per heavy atom. The zero-order valence-corrected chi connectivity index (χ0v) is 8.98. The topological polar surface area (TPSA) is 31.6 Å². The number of hydrogen-bond acceptors (Lipinski definition) is 1. The summed E-state index contributed by atoms with van der Waals surface area (Å²) in [5.41, 5.74) is 1.86. The fourth-order valence-corrected chi connectivity index (χ4v) is 1.86. The van der Waals surface area contributed by atoms with Crippen LogP contribution >= 0.6 is 39.7 Å². The van der Waals surface area contributed by atoms with Gasteiger partial charge < -0.3 is 9.97 Å². The van der Waals surface area contributed by atoms with Crippen molar-refractivity contribution in [1.82, 2.24) is 9.97 Å². The Bertz CT molecular complexity index is 488. The Morgan fingerprint density at radius 3 is 2.83 bits per heavy atom. The highest BCUT2D eigenvalue weighted by Gasteiger charge is 2.03. The second-order valence-corrected chi connectivity index (χ2v) is 3.97. The average Bonchev–Trinajstić information content (AvgIpc) is 2.39. The first-order valence-corrected chi connectivity index (χ1v) is 4.82. The maximum absolute atomic E-state index is 5.88. The number of benzene rings is 1. The molecule has 1 aromatic heterocycles. The van der Waals surface area contributed by atoms with E-state index in [1.807, 2.05) is 12.1 Å². The van der Waals surface area contributed by atoms with E-state index in [0.29, 0.717) is 9.79 Å². The Balaban J connectivity index is 2.99. The molecule has 12 heavy (non-hydrogen) atoms. The zero-order valence-electron chi connectivity index (χ0n) is 5.82. The molecule has 2 N–H and O–H groups in total. The standard InChI is InChI=1S/C7H4BrClN2S/c8-5-3(9)1-2-4-6(5)11-7(12)10-4/h1-2H,(H2,10,11,12). The smallest absolute Gasteiger partial charge is 0.175 e. The molecule has 2 rings (SSSR count). The molecule has 0 aliphatic carbocycles. The molecular weight excluding hydrogens is 260 g/mol. The molecule has 0 bridgehead atoms. The molecule has 2 aromatic rings. The van der Waals surface area contributed by atoms with Gasteiger partial charge in [-0.3, -0.25) is 0 Å². The van der Waals surface area contributed by atoms with E-state index in [-0.39, 0.29) is 0 Å². The average molecular weight is 264 g/mol. The summed E-state index contributed by atoms with van der Waals surface area (Å²) in [4.78, 5) is 5.99. The molecule has 1 aromatic carbocycles. The predicted octanol–water partition coefficient (Wildman–Crippen LogP) is 3.64. The number of fused-ring (bicyclic) bond motifs is 1. The van der Waals surface area contributed by atoms with E-state index in [1.54, 1.807) is 0 Å². The van der Waals surface area contributed by atoms with Gasteiger partial charge in [0, 0.05) is 0 Å². The summed E-state index contributed by atoms with van der Waals surface area (Å²) in [5.74, 6) is 0. The molecule has 0 fully saturated rings. The third kappa shape index (κ3) is 1.20. The monoisotopic (exact) mass is 262 g/mol. The maximum atomic E-state index is 5.88. The number of halogens is 2. The predicted molar refractivity (Wildman–Crippen MR) is 56.2 cm³/mol. The Labute approximate surface area is 87.1 Å². The Kier molecular flexibility index (Phi) is 1.98. The van der Waals surface area contributed by atoms with Crippen molar-refractivity contribution in [2.45, 2.75) is 0 Å². The summed E-state index contributed by atoms with van der Waals surface area (Å²) in [6.07, 6.45) is 0. The number of H-pyrrole nitrogens is 2. The molecule has 62 valence electrons. The minimum absolute atomic E-state index is 0.605. The van der Waals surface area contributed by atoms with E-state index >= 15 is 0 Å². The summed E-state index contributed by atoms with van der Waals surface area (Å²) in [5, 5.41) is 0.674. The van der Waals surface area contributed by atoms with Gasteiger partial charge >= 0.3 is 0 Å². The number of hydrogen-bond donors (Lipinski definition) is 2. The third-order valence-electron chi connectivity index (χ3n) is 1.58. The summed E-state index contributed by atoms with van der Waals surface area (Å²) in [6, 6.07) is 3.70. The van der Waals surface area contributed by atoms with Crippen LogP contribution in [0.4, 0.5) is 0 Å². The molecule has 0 radical (unpaired) electrons. The van der Waals surface area contributed by atoms with E-state index in [1.165, 1.54) is 0 Å². The lowest BCUT2D eigenvalue weighted by Crippen LogP contribution is -1.72. The first kappa shape index (κ1) is 8.29. The molecule has 2 nitrogen and oxygen atoms in total. The van der Waals surface area contributed by atoms with Crippen molar-refractivity contribution in [2.24, 2.45) is 0 Å². The van der Waals surface area contributed by atoms with Crippen LogP contribution in [0.15, 0.2) is 16.6 Å². The van der Waals surface area contributed by atoms with Crippen LogP contribution in [0.5, 0.6) is 0 Å². The second kappa shape index (κ2) is 2.87. The van der Waals surface area contributed by atoms with Gasteiger partial charge in [0.05, 0.1) is 20.5 Å². The van der Waals surface area contributed by atoms with Crippen LogP contribution in [0, 0.1) is 4.77 Å². The van der Waals surface area contributed by atoms with Crippen molar-refractivity contribution < 1.29 is 0 Å². The molecule has 0 aliphatic rings. The van der Waals surface area contributed by atoms with Gasteiger partial charge in [-0.05, 0) is 40.3 Å². The van der Waals surface area contributed by atoms with E-state index in [4.69, 9.17) is 23.8 Å². The molecule has 0 amide bonds. The molecule has 0 saturated carbocycles. The van der Waals surface area contributed by atoms with Gasteiger partial charge in [-0.1, -0.05) is 11.6 Å². The van der Waals surface area contributed by atoms with Crippen LogP contribution in [-0.4, -0.2) is 9.97 Å². The van der Waals surface area contributed by atoms with Crippen LogP contribution in [0.25, 0.3) is 11.0 Å². The van der Waals surface area contributed by atoms with Gasteiger partial charge in [0.15, 0.2) is 4.77 Å². The number of rotatable bonds is 0. The number of aromatic nitrogens is 2. The second-order valence-electron chi connectivity index (χ2n) is 2.36. The van der Waals surface area contributed by atoms with Gasteiger partial charge in [0.2, 0.25) is 0 Å². The quantitative estimate of drug-likeness (QED) is 0.699. The number of imidazole rings is 1. The first-order chi connectivity index (χ1) is 5.68. The molecule has 0 atom stereocenters. The zero-order chi connectivity index (χ0) is 8.72. The lowest BCUT2D eigenvalue weighted by atomic mass is 10.3. The van der Waals surface area contributed by atoms with E-state index in [2.05, 4.69) is 25.9 Å². The summed E-state index contributed by atoms with van der Waals surface area (Å²) in [6.45, 7) is 0. The maximum Gasteiger partial charge on any atom is 0.175 e. The van der Waals surface area contributed by atoms with Crippen LogP contribution in [0.3, 0.4) is 0 Å². The highest BCUT2D eigenvalue weighted by Crippen LogP contribution is 2.28. The van der Waals surface area contributed by atoms with Gasteiger partial charge in [0.1, 0.15) is 0 Å². The van der Waals surface area contributed by atoms with Crippen LogP contribution in [0.1, 0.15) is 0 Å². The number of nitrogens with one attached hydrogen (secondary N) is 2. The molecular formula is C7H4BrClN2S. The lowest BCUT2D eigenvalue weighted by Gasteiger charge is -1.95. The van der Waals surface area contributed by atoms with Gasteiger partial charge in [-0.15, -0.1) is 0 Å². The van der Waals surface area contributed by atoms with Gasteiger partial charge in [0.25, 0.3) is 0 Å². The number of aromatic amines is 2. The summed E-state index contributed by atoms with van der Waals surface area (Å²) < 4.78 is 1.45. The molecule has 0 spiro atoms. The van der Waals surface area contributed by atoms with E-state index in [0.717, 1.165) is 15.5 Å². The summed E-state index contributed by atoms with van der Waals surface area (Å²) >= 11 is 14.2. The van der Waals surface area contributed by atoms with E-state index in [9.17, 15) is 0 Å².